The fraction of sp³-hybridized carbons (Fsp3) is 0.636. The van der Waals surface area contributed by atoms with Crippen molar-refractivity contribution >= 4 is 11.8 Å². The normalized spacial score (nSPS) is 11.9. The van der Waals surface area contributed by atoms with Crippen LogP contribution in [0.4, 0.5) is 0 Å². The molecule has 0 aromatic rings. The number of ketones is 1. The minimum atomic E-state index is -0.630. The first-order chi connectivity index (χ1) is 6.59. The molecule has 0 saturated heterocycles. The maximum absolute atomic E-state index is 11.2. The number of rotatable bonds is 7. The van der Waals surface area contributed by atoms with Crippen molar-refractivity contribution in [2.75, 3.05) is 6.61 Å². The predicted molar refractivity (Wildman–Crippen MR) is 54.9 cm³/mol. The van der Waals surface area contributed by atoms with Crippen molar-refractivity contribution in [1.29, 1.82) is 0 Å². The molecular weight excluding hydrogens is 180 g/mol. The van der Waals surface area contributed by atoms with Gasteiger partial charge in [0, 0.05) is 0 Å². The van der Waals surface area contributed by atoms with E-state index in [0.717, 1.165) is 19.3 Å². The first kappa shape index (κ1) is 12.9. The van der Waals surface area contributed by atoms with Crippen molar-refractivity contribution in [3.05, 3.63) is 12.7 Å². The molecule has 0 N–H and O–H groups in total. The van der Waals surface area contributed by atoms with Crippen LogP contribution in [0, 0.1) is 5.92 Å². The van der Waals surface area contributed by atoms with Gasteiger partial charge in [-0.2, -0.15) is 0 Å². The highest BCUT2D eigenvalue weighted by Gasteiger charge is 2.18. The SMILES string of the molecule is C=CCCCCOC(=O)C(C)C(C)=O. The fourth-order valence-corrected chi connectivity index (χ4v) is 0.854. The minimum absolute atomic E-state index is 0.152. The summed E-state index contributed by atoms with van der Waals surface area (Å²) in [6.07, 6.45) is 4.55. The summed E-state index contributed by atoms with van der Waals surface area (Å²) >= 11 is 0. The fourth-order valence-electron chi connectivity index (χ4n) is 0.854. The molecule has 3 nitrogen and oxygen atoms in total. The number of allylic oxidation sites excluding steroid dienone is 1. The van der Waals surface area contributed by atoms with Crippen molar-refractivity contribution in [2.24, 2.45) is 5.92 Å². The lowest BCUT2D eigenvalue weighted by molar-refractivity contribution is -0.150. The molecule has 80 valence electrons. The molecule has 0 spiro atoms. The van der Waals surface area contributed by atoms with Crippen molar-refractivity contribution in [2.45, 2.75) is 33.1 Å². The summed E-state index contributed by atoms with van der Waals surface area (Å²) in [5.74, 6) is -1.20. The Morgan fingerprint density at radius 1 is 1.43 bits per heavy atom. The Bertz CT molecular complexity index is 209. The van der Waals surface area contributed by atoms with Gasteiger partial charge in [-0.05, 0) is 33.1 Å². The van der Waals surface area contributed by atoms with Crippen LogP contribution >= 0.6 is 0 Å². The molecule has 14 heavy (non-hydrogen) atoms. The van der Waals surface area contributed by atoms with E-state index >= 15 is 0 Å². The zero-order valence-electron chi connectivity index (χ0n) is 8.91. The first-order valence-electron chi connectivity index (χ1n) is 4.87. The van der Waals surface area contributed by atoms with Crippen molar-refractivity contribution < 1.29 is 14.3 Å². The maximum atomic E-state index is 11.2. The van der Waals surface area contributed by atoms with E-state index in [4.69, 9.17) is 4.74 Å². The number of hydrogen-bond acceptors (Lipinski definition) is 3. The van der Waals surface area contributed by atoms with Gasteiger partial charge in [-0.15, -0.1) is 6.58 Å². The Labute approximate surface area is 85.1 Å². The number of carbonyl (C=O) groups excluding carboxylic acids is 2. The third kappa shape index (κ3) is 5.51. The van der Waals surface area contributed by atoms with E-state index in [1.54, 1.807) is 6.92 Å². The average Bonchev–Trinajstić information content (AvgIpc) is 2.16. The molecule has 1 unspecified atom stereocenters. The molecule has 0 aromatic heterocycles. The molecule has 0 bridgehead atoms. The van der Waals surface area contributed by atoms with Gasteiger partial charge in [-0.3, -0.25) is 9.59 Å². The zero-order valence-corrected chi connectivity index (χ0v) is 8.91. The number of hydrogen-bond donors (Lipinski definition) is 0. The van der Waals surface area contributed by atoms with Crippen LogP contribution in [-0.4, -0.2) is 18.4 Å². The summed E-state index contributed by atoms with van der Waals surface area (Å²) in [5.41, 5.74) is 0. The Morgan fingerprint density at radius 2 is 2.07 bits per heavy atom. The van der Waals surface area contributed by atoms with E-state index < -0.39 is 11.9 Å². The van der Waals surface area contributed by atoms with E-state index in [1.165, 1.54) is 6.92 Å². The summed E-state index contributed by atoms with van der Waals surface area (Å²) in [6, 6.07) is 0. The van der Waals surface area contributed by atoms with E-state index in [9.17, 15) is 9.59 Å². The number of unbranched alkanes of at least 4 members (excludes halogenated alkanes) is 2. The molecule has 0 saturated carbocycles. The van der Waals surface area contributed by atoms with Crippen LogP contribution in [0.5, 0.6) is 0 Å². The van der Waals surface area contributed by atoms with Crippen LogP contribution in [0.25, 0.3) is 0 Å². The van der Waals surface area contributed by atoms with E-state index in [1.807, 2.05) is 6.08 Å². The average molecular weight is 198 g/mol. The van der Waals surface area contributed by atoms with Gasteiger partial charge in [-0.1, -0.05) is 6.08 Å². The van der Waals surface area contributed by atoms with Gasteiger partial charge in [0.1, 0.15) is 11.7 Å². The molecule has 0 aromatic carbocycles. The molecule has 0 radical (unpaired) electrons. The second kappa shape index (κ2) is 7.30. The van der Waals surface area contributed by atoms with Crippen LogP contribution in [0.2, 0.25) is 0 Å². The van der Waals surface area contributed by atoms with Gasteiger partial charge in [0.2, 0.25) is 0 Å². The first-order valence-corrected chi connectivity index (χ1v) is 4.87. The van der Waals surface area contributed by atoms with Crippen LogP contribution in [0.15, 0.2) is 12.7 Å². The third-order valence-corrected chi connectivity index (χ3v) is 2.01. The van der Waals surface area contributed by atoms with Gasteiger partial charge in [0.15, 0.2) is 0 Å². The van der Waals surface area contributed by atoms with Gasteiger partial charge in [0.05, 0.1) is 6.61 Å². The molecule has 3 heteroatoms. The molecule has 0 aliphatic heterocycles. The highest BCUT2D eigenvalue weighted by molar-refractivity contribution is 5.97. The number of ether oxygens (including phenoxy) is 1. The molecule has 0 aliphatic rings. The Kier molecular flexibility index (Phi) is 6.72. The predicted octanol–water partition coefficient (Wildman–Crippen LogP) is 2.11. The minimum Gasteiger partial charge on any atom is -0.465 e. The van der Waals surface area contributed by atoms with Crippen molar-refractivity contribution in [3.8, 4) is 0 Å². The third-order valence-electron chi connectivity index (χ3n) is 2.01. The van der Waals surface area contributed by atoms with E-state index in [0.29, 0.717) is 6.61 Å². The Balaban J connectivity index is 3.53. The maximum Gasteiger partial charge on any atom is 0.316 e. The van der Waals surface area contributed by atoms with Crippen LogP contribution in [0.3, 0.4) is 0 Å². The van der Waals surface area contributed by atoms with E-state index in [-0.39, 0.29) is 5.78 Å². The summed E-state index contributed by atoms with van der Waals surface area (Å²) in [6.45, 7) is 6.94. The van der Waals surface area contributed by atoms with Gasteiger partial charge in [-0.25, -0.2) is 0 Å². The lowest BCUT2D eigenvalue weighted by Gasteiger charge is -2.07. The summed E-state index contributed by atoms with van der Waals surface area (Å²) < 4.78 is 4.92. The largest absolute Gasteiger partial charge is 0.465 e. The summed E-state index contributed by atoms with van der Waals surface area (Å²) in [7, 11) is 0. The van der Waals surface area contributed by atoms with Gasteiger partial charge >= 0.3 is 5.97 Å². The number of Topliss-reactive ketones (excluding diaryl/α,β-unsaturated/α-hetero) is 1. The lowest BCUT2D eigenvalue weighted by Crippen LogP contribution is -2.21. The molecule has 0 fully saturated rings. The second-order valence-corrected chi connectivity index (χ2v) is 3.28. The van der Waals surface area contributed by atoms with Crippen molar-refractivity contribution in [1.82, 2.24) is 0 Å². The molecule has 0 rings (SSSR count). The monoisotopic (exact) mass is 198 g/mol. The smallest absolute Gasteiger partial charge is 0.316 e. The zero-order chi connectivity index (χ0) is 11.0. The van der Waals surface area contributed by atoms with Crippen LogP contribution < -0.4 is 0 Å². The van der Waals surface area contributed by atoms with Crippen molar-refractivity contribution in [3.63, 3.8) is 0 Å². The number of carbonyl (C=O) groups is 2. The molecule has 0 heterocycles. The molecule has 1 atom stereocenters. The van der Waals surface area contributed by atoms with Gasteiger partial charge < -0.3 is 4.74 Å². The molecular formula is C11H18O3. The highest BCUT2D eigenvalue weighted by atomic mass is 16.5. The quantitative estimate of drug-likeness (QED) is 0.272. The summed E-state index contributed by atoms with van der Waals surface area (Å²) in [4.78, 5) is 22.0. The molecule has 0 amide bonds. The highest BCUT2D eigenvalue weighted by Crippen LogP contribution is 2.02. The lowest BCUT2D eigenvalue weighted by atomic mass is 10.1. The topological polar surface area (TPSA) is 43.4 Å². The Hall–Kier alpha value is -1.12. The van der Waals surface area contributed by atoms with Crippen LogP contribution in [0.1, 0.15) is 33.1 Å². The second-order valence-electron chi connectivity index (χ2n) is 3.28. The number of esters is 1. The summed E-state index contributed by atoms with van der Waals surface area (Å²) in [5, 5.41) is 0. The van der Waals surface area contributed by atoms with Crippen LogP contribution in [-0.2, 0) is 14.3 Å². The Morgan fingerprint density at radius 3 is 2.57 bits per heavy atom. The van der Waals surface area contributed by atoms with Gasteiger partial charge in [0.25, 0.3) is 0 Å². The molecule has 0 aliphatic carbocycles. The van der Waals surface area contributed by atoms with E-state index in [2.05, 4.69) is 6.58 Å². The standard InChI is InChI=1S/C11H18O3/c1-4-5-6-7-8-14-11(13)9(2)10(3)12/h4,9H,1,5-8H2,2-3H3.